The third-order valence-electron chi connectivity index (χ3n) is 4.09. The summed E-state index contributed by atoms with van der Waals surface area (Å²) in [5, 5.41) is 0.925. The van der Waals surface area contributed by atoms with Crippen LogP contribution in [-0.2, 0) is 9.53 Å². The normalized spacial score (nSPS) is 16.1. The third kappa shape index (κ3) is 2.79. The van der Waals surface area contributed by atoms with Crippen LogP contribution < -0.4 is 0 Å². The van der Waals surface area contributed by atoms with Gasteiger partial charge in [0.25, 0.3) is 0 Å². The van der Waals surface area contributed by atoms with Crippen molar-refractivity contribution in [2.24, 2.45) is 0 Å². The van der Waals surface area contributed by atoms with Crippen LogP contribution in [0.5, 0.6) is 0 Å². The van der Waals surface area contributed by atoms with Crippen LogP contribution in [0.4, 0.5) is 0 Å². The van der Waals surface area contributed by atoms with E-state index in [-0.39, 0.29) is 5.97 Å². The van der Waals surface area contributed by atoms with E-state index in [1.807, 2.05) is 18.2 Å². The molecule has 4 nitrogen and oxygen atoms in total. The molecule has 4 heteroatoms. The molecular weight excluding hydrogens is 266 g/mol. The zero-order chi connectivity index (χ0) is 14.8. The highest BCUT2D eigenvalue weighted by atomic mass is 16.5. The fraction of sp³-hybridized carbons (Fsp3) is 0.353. The van der Waals surface area contributed by atoms with Gasteiger partial charge in [0, 0.05) is 29.8 Å². The second-order valence-electron chi connectivity index (χ2n) is 5.45. The molecule has 0 aliphatic heterocycles. The smallest absolute Gasteiger partial charge is 0.337 e. The van der Waals surface area contributed by atoms with Crippen molar-refractivity contribution < 1.29 is 14.3 Å². The van der Waals surface area contributed by atoms with Crippen LogP contribution >= 0.6 is 0 Å². The van der Waals surface area contributed by atoms with Gasteiger partial charge in [-0.15, -0.1) is 0 Å². The van der Waals surface area contributed by atoms with Gasteiger partial charge >= 0.3 is 5.97 Å². The molecule has 0 atom stereocenters. The van der Waals surface area contributed by atoms with E-state index in [4.69, 9.17) is 4.74 Å². The summed E-state index contributed by atoms with van der Waals surface area (Å²) in [7, 11) is 1.37. The van der Waals surface area contributed by atoms with Crippen LogP contribution in [-0.4, -0.2) is 23.8 Å². The standard InChI is InChI=1S/C17H17NO3/c1-21-17(20)13-5-9-16-12(10-13)4-8-15(18-16)11-2-6-14(19)7-3-11/h4-5,8-11H,2-3,6-7H2,1H3. The van der Waals surface area contributed by atoms with Gasteiger partial charge in [0.15, 0.2) is 0 Å². The van der Waals surface area contributed by atoms with Crippen molar-refractivity contribution in [3.63, 3.8) is 0 Å². The largest absolute Gasteiger partial charge is 0.465 e. The van der Waals surface area contributed by atoms with Gasteiger partial charge in [0.05, 0.1) is 18.2 Å². The maximum atomic E-state index is 11.5. The lowest BCUT2D eigenvalue weighted by molar-refractivity contribution is -0.120. The molecule has 0 amide bonds. The number of hydrogen-bond donors (Lipinski definition) is 0. The molecule has 0 saturated heterocycles. The van der Waals surface area contributed by atoms with E-state index in [9.17, 15) is 9.59 Å². The summed E-state index contributed by atoms with van der Waals surface area (Å²) < 4.78 is 4.72. The number of Topliss-reactive ketones (excluding diaryl/α,β-unsaturated/α-hetero) is 1. The lowest BCUT2D eigenvalue weighted by Crippen LogP contribution is -2.13. The molecule has 1 fully saturated rings. The number of rotatable bonds is 2. The number of hydrogen-bond acceptors (Lipinski definition) is 4. The first-order valence-corrected chi connectivity index (χ1v) is 7.18. The molecule has 1 aliphatic rings. The van der Waals surface area contributed by atoms with E-state index in [2.05, 4.69) is 4.98 Å². The summed E-state index contributed by atoms with van der Waals surface area (Å²) in [6.45, 7) is 0. The summed E-state index contributed by atoms with van der Waals surface area (Å²) in [5.74, 6) is 0.383. The molecule has 1 aromatic heterocycles. The minimum Gasteiger partial charge on any atom is -0.465 e. The Bertz CT molecular complexity index is 698. The highest BCUT2D eigenvalue weighted by Gasteiger charge is 2.21. The van der Waals surface area contributed by atoms with E-state index in [1.54, 1.807) is 12.1 Å². The molecule has 21 heavy (non-hydrogen) atoms. The molecule has 0 spiro atoms. The van der Waals surface area contributed by atoms with Crippen LogP contribution in [0.25, 0.3) is 10.9 Å². The maximum absolute atomic E-state index is 11.5. The number of methoxy groups -OCH3 is 1. The molecule has 3 rings (SSSR count). The van der Waals surface area contributed by atoms with Gasteiger partial charge in [-0.2, -0.15) is 0 Å². The molecule has 1 heterocycles. The van der Waals surface area contributed by atoms with E-state index in [0.717, 1.165) is 29.4 Å². The van der Waals surface area contributed by atoms with Crippen molar-refractivity contribution in [3.05, 3.63) is 41.6 Å². The Hall–Kier alpha value is -2.23. The van der Waals surface area contributed by atoms with Crippen LogP contribution in [0.15, 0.2) is 30.3 Å². The Morgan fingerprint density at radius 1 is 1.19 bits per heavy atom. The number of carbonyl (C=O) groups excluding carboxylic acids is 2. The lowest BCUT2D eigenvalue weighted by atomic mass is 9.86. The topological polar surface area (TPSA) is 56.3 Å². The van der Waals surface area contributed by atoms with Gasteiger partial charge in [-0.05, 0) is 37.1 Å². The fourth-order valence-corrected chi connectivity index (χ4v) is 2.85. The number of fused-ring (bicyclic) bond motifs is 1. The summed E-state index contributed by atoms with van der Waals surface area (Å²) in [6.07, 6.45) is 3.09. The zero-order valence-corrected chi connectivity index (χ0v) is 12.0. The average molecular weight is 283 g/mol. The molecule has 2 aromatic rings. The Morgan fingerprint density at radius 3 is 2.67 bits per heavy atom. The number of ketones is 1. The molecule has 1 aromatic carbocycles. The Morgan fingerprint density at radius 2 is 1.95 bits per heavy atom. The molecule has 0 bridgehead atoms. The van der Waals surface area contributed by atoms with E-state index < -0.39 is 0 Å². The van der Waals surface area contributed by atoms with Crippen LogP contribution in [0, 0.1) is 0 Å². The second-order valence-corrected chi connectivity index (χ2v) is 5.45. The molecule has 0 unspecified atom stereocenters. The Kier molecular flexibility index (Phi) is 3.69. The number of pyridine rings is 1. The molecule has 108 valence electrons. The third-order valence-corrected chi connectivity index (χ3v) is 4.09. The van der Waals surface area contributed by atoms with Gasteiger partial charge < -0.3 is 4.74 Å². The zero-order valence-electron chi connectivity index (χ0n) is 12.0. The molecule has 1 saturated carbocycles. The van der Waals surface area contributed by atoms with Gasteiger partial charge in [0.1, 0.15) is 5.78 Å². The maximum Gasteiger partial charge on any atom is 0.337 e. The van der Waals surface area contributed by atoms with Crippen molar-refractivity contribution >= 4 is 22.7 Å². The van der Waals surface area contributed by atoms with Crippen LogP contribution in [0.3, 0.4) is 0 Å². The number of nitrogens with zero attached hydrogens (tertiary/aromatic N) is 1. The molecule has 1 aliphatic carbocycles. The lowest BCUT2D eigenvalue weighted by Gasteiger charge is -2.20. The van der Waals surface area contributed by atoms with Crippen molar-refractivity contribution in [3.8, 4) is 0 Å². The summed E-state index contributed by atoms with van der Waals surface area (Å²) >= 11 is 0. The van der Waals surface area contributed by atoms with Gasteiger partial charge in [-0.3, -0.25) is 9.78 Å². The summed E-state index contributed by atoms with van der Waals surface area (Å²) in [6, 6.07) is 9.36. The highest BCUT2D eigenvalue weighted by Crippen LogP contribution is 2.31. The number of carbonyl (C=O) groups is 2. The predicted molar refractivity (Wildman–Crippen MR) is 79.3 cm³/mol. The summed E-state index contributed by atoms with van der Waals surface area (Å²) in [4.78, 5) is 27.5. The predicted octanol–water partition coefficient (Wildman–Crippen LogP) is 3.25. The number of benzene rings is 1. The van der Waals surface area contributed by atoms with Crippen molar-refractivity contribution in [2.75, 3.05) is 7.11 Å². The summed E-state index contributed by atoms with van der Waals surface area (Å²) in [5.41, 5.74) is 2.45. The number of aromatic nitrogens is 1. The van der Waals surface area contributed by atoms with Crippen molar-refractivity contribution in [1.29, 1.82) is 0 Å². The second kappa shape index (κ2) is 5.64. The quantitative estimate of drug-likeness (QED) is 0.794. The first-order chi connectivity index (χ1) is 10.2. The first-order valence-electron chi connectivity index (χ1n) is 7.18. The average Bonchev–Trinajstić information content (AvgIpc) is 2.54. The minimum atomic E-state index is -0.341. The highest BCUT2D eigenvalue weighted by molar-refractivity contribution is 5.94. The van der Waals surface area contributed by atoms with Crippen molar-refractivity contribution in [1.82, 2.24) is 4.98 Å². The molecule has 0 N–H and O–H groups in total. The van der Waals surface area contributed by atoms with Gasteiger partial charge in [-0.25, -0.2) is 4.79 Å². The number of ether oxygens (including phenoxy) is 1. The van der Waals surface area contributed by atoms with Crippen LogP contribution in [0.1, 0.15) is 47.7 Å². The van der Waals surface area contributed by atoms with Gasteiger partial charge in [-0.1, -0.05) is 6.07 Å². The Labute approximate surface area is 123 Å². The van der Waals surface area contributed by atoms with Gasteiger partial charge in [0.2, 0.25) is 0 Å². The van der Waals surface area contributed by atoms with Crippen LogP contribution in [0.2, 0.25) is 0 Å². The molecular formula is C17H17NO3. The first kappa shape index (κ1) is 13.7. The van der Waals surface area contributed by atoms with E-state index >= 15 is 0 Å². The fourth-order valence-electron chi connectivity index (χ4n) is 2.85. The SMILES string of the molecule is COC(=O)c1ccc2nc(C3CCC(=O)CC3)ccc2c1. The Balaban J connectivity index is 1.90. The van der Waals surface area contributed by atoms with E-state index in [0.29, 0.717) is 30.1 Å². The van der Waals surface area contributed by atoms with Crippen molar-refractivity contribution in [2.45, 2.75) is 31.6 Å². The van der Waals surface area contributed by atoms with E-state index in [1.165, 1.54) is 7.11 Å². The molecule has 0 radical (unpaired) electrons. The number of esters is 1. The monoisotopic (exact) mass is 283 g/mol. The minimum absolute atomic E-state index is 0.341.